The molecule has 0 aliphatic heterocycles. The SMILES string of the molecule is COc1c(C)c[n+]([O-])cc1C. The van der Waals surface area contributed by atoms with Crippen LogP contribution in [0.15, 0.2) is 12.4 Å². The third kappa shape index (κ3) is 1.42. The lowest BCUT2D eigenvalue weighted by atomic mass is 10.2. The first-order chi connectivity index (χ1) is 5.15. The van der Waals surface area contributed by atoms with E-state index in [-0.39, 0.29) is 0 Å². The molecule has 0 spiro atoms. The Kier molecular flexibility index (Phi) is 1.98. The van der Waals surface area contributed by atoms with E-state index in [1.165, 1.54) is 12.4 Å². The molecule has 0 N–H and O–H groups in total. The Bertz CT molecular complexity index is 248. The molecule has 0 unspecified atom stereocenters. The molecule has 0 aliphatic rings. The third-order valence-electron chi connectivity index (χ3n) is 1.56. The zero-order valence-corrected chi connectivity index (χ0v) is 6.92. The van der Waals surface area contributed by atoms with E-state index in [0.717, 1.165) is 21.6 Å². The number of rotatable bonds is 1. The van der Waals surface area contributed by atoms with Gasteiger partial charge in [-0.25, -0.2) is 0 Å². The van der Waals surface area contributed by atoms with Crippen LogP contribution in [0, 0.1) is 19.1 Å². The normalized spacial score (nSPS) is 9.73. The highest BCUT2D eigenvalue weighted by molar-refractivity contribution is 5.34. The summed E-state index contributed by atoms with van der Waals surface area (Å²) >= 11 is 0. The molecule has 0 fully saturated rings. The van der Waals surface area contributed by atoms with Crippen molar-refractivity contribution in [1.82, 2.24) is 0 Å². The Morgan fingerprint density at radius 2 is 1.73 bits per heavy atom. The maximum atomic E-state index is 10.8. The zero-order chi connectivity index (χ0) is 8.43. The van der Waals surface area contributed by atoms with Crippen LogP contribution in [0.5, 0.6) is 5.75 Å². The number of aryl methyl sites for hydroxylation is 2. The van der Waals surface area contributed by atoms with Crippen LogP contribution >= 0.6 is 0 Å². The van der Waals surface area contributed by atoms with Gasteiger partial charge in [0.1, 0.15) is 5.75 Å². The minimum absolute atomic E-state index is 0.785. The van der Waals surface area contributed by atoms with Crippen LogP contribution in [-0.4, -0.2) is 7.11 Å². The molecule has 3 nitrogen and oxygen atoms in total. The van der Waals surface area contributed by atoms with Crippen LogP contribution in [-0.2, 0) is 0 Å². The first kappa shape index (κ1) is 7.85. The summed E-state index contributed by atoms with van der Waals surface area (Å²) < 4.78 is 5.86. The first-order valence-electron chi connectivity index (χ1n) is 3.39. The first-order valence-corrected chi connectivity index (χ1v) is 3.39. The molecule has 0 saturated carbocycles. The Labute approximate surface area is 65.8 Å². The summed E-state index contributed by atoms with van der Waals surface area (Å²) in [5.41, 5.74) is 1.73. The molecule has 0 aliphatic carbocycles. The van der Waals surface area contributed by atoms with Gasteiger partial charge in [0.25, 0.3) is 0 Å². The van der Waals surface area contributed by atoms with E-state index in [9.17, 15) is 5.21 Å². The minimum Gasteiger partial charge on any atom is -0.619 e. The Hall–Kier alpha value is -1.25. The minimum atomic E-state index is 0.785. The van der Waals surface area contributed by atoms with Crippen molar-refractivity contribution >= 4 is 0 Å². The van der Waals surface area contributed by atoms with Gasteiger partial charge in [-0.1, -0.05) is 0 Å². The monoisotopic (exact) mass is 153 g/mol. The van der Waals surface area contributed by atoms with Crippen molar-refractivity contribution in [3.05, 3.63) is 28.7 Å². The number of methoxy groups -OCH3 is 1. The summed E-state index contributed by atoms with van der Waals surface area (Å²) in [5, 5.41) is 10.8. The smallest absolute Gasteiger partial charge is 0.186 e. The van der Waals surface area contributed by atoms with Gasteiger partial charge in [-0.15, -0.1) is 0 Å². The Balaban J connectivity index is 3.25. The van der Waals surface area contributed by atoms with Crippen molar-refractivity contribution < 1.29 is 9.47 Å². The molecule has 1 rings (SSSR count). The topological polar surface area (TPSA) is 36.2 Å². The van der Waals surface area contributed by atoms with Crippen molar-refractivity contribution in [2.45, 2.75) is 13.8 Å². The quantitative estimate of drug-likeness (QED) is 0.444. The summed E-state index contributed by atoms with van der Waals surface area (Å²) in [5.74, 6) is 0.789. The van der Waals surface area contributed by atoms with Gasteiger partial charge in [0, 0.05) is 0 Å². The Morgan fingerprint density at radius 1 is 1.27 bits per heavy atom. The van der Waals surface area contributed by atoms with Gasteiger partial charge >= 0.3 is 0 Å². The molecule has 60 valence electrons. The lowest BCUT2D eigenvalue weighted by Crippen LogP contribution is -2.25. The van der Waals surface area contributed by atoms with Gasteiger partial charge in [-0.2, -0.15) is 4.73 Å². The van der Waals surface area contributed by atoms with E-state index in [1.54, 1.807) is 7.11 Å². The molecule has 11 heavy (non-hydrogen) atoms. The summed E-state index contributed by atoms with van der Waals surface area (Å²) in [6.07, 6.45) is 2.98. The number of pyridine rings is 1. The molecule has 0 aromatic carbocycles. The molecular formula is C8H11NO2. The number of hydrogen-bond donors (Lipinski definition) is 0. The van der Waals surface area contributed by atoms with E-state index < -0.39 is 0 Å². The number of aromatic nitrogens is 1. The van der Waals surface area contributed by atoms with Crippen molar-refractivity contribution in [2.24, 2.45) is 0 Å². The fourth-order valence-corrected chi connectivity index (χ4v) is 1.17. The van der Waals surface area contributed by atoms with Gasteiger partial charge in [-0.05, 0) is 13.8 Å². The van der Waals surface area contributed by atoms with Crippen molar-refractivity contribution in [2.75, 3.05) is 7.11 Å². The molecular weight excluding hydrogens is 142 g/mol. The second kappa shape index (κ2) is 2.78. The highest BCUT2D eigenvalue weighted by Crippen LogP contribution is 2.18. The lowest BCUT2D eigenvalue weighted by Gasteiger charge is -2.06. The maximum Gasteiger partial charge on any atom is 0.186 e. The molecule has 0 saturated heterocycles. The van der Waals surface area contributed by atoms with Crippen molar-refractivity contribution in [1.29, 1.82) is 0 Å². The summed E-state index contributed by atoms with van der Waals surface area (Å²) in [7, 11) is 1.60. The molecule has 1 heterocycles. The highest BCUT2D eigenvalue weighted by Gasteiger charge is 2.06. The molecule has 0 bridgehead atoms. The standard InChI is InChI=1S/C8H11NO2/c1-6-4-9(10)5-7(2)8(6)11-3/h4-5H,1-3H3. The largest absolute Gasteiger partial charge is 0.619 e. The fourth-order valence-electron chi connectivity index (χ4n) is 1.17. The molecule has 1 aromatic rings. The van der Waals surface area contributed by atoms with Crippen LogP contribution in [0.3, 0.4) is 0 Å². The fraction of sp³-hybridized carbons (Fsp3) is 0.375. The number of nitrogens with zero attached hydrogens (tertiary/aromatic N) is 1. The highest BCUT2D eigenvalue weighted by atomic mass is 16.5. The lowest BCUT2D eigenvalue weighted by molar-refractivity contribution is -0.606. The van der Waals surface area contributed by atoms with Gasteiger partial charge in [-0.3, -0.25) is 0 Å². The average molecular weight is 153 g/mol. The van der Waals surface area contributed by atoms with Crippen molar-refractivity contribution in [3.63, 3.8) is 0 Å². The third-order valence-corrected chi connectivity index (χ3v) is 1.56. The molecule has 1 aromatic heterocycles. The van der Waals surface area contributed by atoms with Crippen LogP contribution in [0.4, 0.5) is 0 Å². The van der Waals surface area contributed by atoms with E-state index in [0.29, 0.717) is 0 Å². The molecule has 0 atom stereocenters. The maximum absolute atomic E-state index is 10.8. The molecule has 0 amide bonds. The van der Waals surface area contributed by atoms with Crippen LogP contribution in [0.1, 0.15) is 11.1 Å². The second-order valence-corrected chi connectivity index (χ2v) is 2.52. The van der Waals surface area contributed by atoms with Gasteiger partial charge in [0.15, 0.2) is 12.4 Å². The summed E-state index contributed by atoms with van der Waals surface area (Å²) in [6, 6.07) is 0. The van der Waals surface area contributed by atoms with Crippen LogP contribution in [0.25, 0.3) is 0 Å². The van der Waals surface area contributed by atoms with Gasteiger partial charge in [0.05, 0.1) is 18.2 Å². The summed E-state index contributed by atoms with van der Waals surface area (Å²) in [4.78, 5) is 0. The average Bonchev–Trinajstić information content (AvgIpc) is 1.85. The molecule has 0 radical (unpaired) electrons. The number of hydrogen-bond acceptors (Lipinski definition) is 2. The second-order valence-electron chi connectivity index (χ2n) is 2.52. The van der Waals surface area contributed by atoms with E-state index in [1.807, 2.05) is 13.8 Å². The number of ether oxygens (including phenoxy) is 1. The van der Waals surface area contributed by atoms with Gasteiger partial charge in [0.2, 0.25) is 0 Å². The summed E-state index contributed by atoms with van der Waals surface area (Å²) in [6.45, 7) is 3.69. The predicted molar refractivity (Wildman–Crippen MR) is 41.4 cm³/mol. The van der Waals surface area contributed by atoms with E-state index in [2.05, 4.69) is 0 Å². The van der Waals surface area contributed by atoms with E-state index >= 15 is 0 Å². The van der Waals surface area contributed by atoms with Crippen LogP contribution < -0.4 is 9.47 Å². The zero-order valence-electron chi connectivity index (χ0n) is 6.92. The Morgan fingerprint density at radius 3 is 2.09 bits per heavy atom. The van der Waals surface area contributed by atoms with Crippen molar-refractivity contribution in [3.8, 4) is 5.75 Å². The van der Waals surface area contributed by atoms with Gasteiger partial charge < -0.3 is 9.94 Å². The molecule has 3 heteroatoms. The van der Waals surface area contributed by atoms with E-state index in [4.69, 9.17) is 4.74 Å². The van der Waals surface area contributed by atoms with Crippen LogP contribution in [0.2, 0.25) is 0 Å². The predicted octanol–water partition coefficient (Wildman–Crippen LogP) is 0.945.